The lowest BCUT2D eigenvalue weighted by atomic mass is 9.78. The van der Waals surface area contributed by atoms with Crippen molar-refractivity contribution in [1.29, 1.82) is 0 Å². The lowest BCUT2D eigenvalue weighted by Gasteiger charge is -2.41. The van der Waals surface area contributed by atoms with Crippen LogP contribution >= 0.6 is 0 Å². The van der Waals surface area contributed by atoms with Crippen LogP contribution in [0.5, 0.6) is 11.5 Å². The maximum absolute atomic E-state index is 12.7. The van der Waals surface area contributed by atoms with Crippen LogP contribution in [-0.4, -0.2) is 114 Å². The molecule has 0 radical (unpaired) electrons. The fourth-order valence-electron chi connectivity index (χ4n) is 4.60. The first-order chi connectivity index (χ1) is 19.4. The van der Waals surface area contributed by atoms with Crippen LogP contribution in [0.4, 0.5) is 0 Å². The standard InChI is InChI=1S/C27H32O14/c28-15-6-8-17(14(10-15)11-39-26(36)27(37)19(30)9-7-16(29)23(27)34)40-25-22(33)21(32)20(31)18(41-25)12-38-24(35)13-4-2-1-3-5-13/h1-6,8,10,16,18-23,25,28-34,37H,7,9,11-12H2/t16-,18-,19+,20-,21+,22-,23-,25-,27-/m0/s1. The second-order valence-corrected chi connectivity index (χ2v) is 9.90. The molecule has 224 valence electrons. The minimum atomic E-state index is -2.82. The first-order valence-corrected chi connectivity index (χ1v) is 12.8. The average molecular weight is 581 g/mol. The van der Waals surface area contributed by atoms with Gasteiger partial charge in [0, 0.05) is 5.56 Å². The van der Waals surface area contributed by atoms with E-state index in [0.29, 0.717) is 0 Å². The second kappa shape index (κ2) is 12.7. The molecule has 0 amide bonds. The molecule has 2 aromatic carbocycles. The van der Waals surface area contributed by atoms with Crippen molar-refractivity contribution >= 4 is 11.9 Å². The maximum atomic E-state index is 12.7. The van der Waals surface area contributed by atoms with Crippen molar-refractivity contribution in [3.63, 3.8) is 0 Å². The Labute approximate surface area is 233 Å². The lowest BCUT2D eigenvalue weighted by Crippen LogP contribution is -2.65. The molecule has 8 N–H and O–H groups in total. The van der Waals surface area contributed by atoms with Crippen molar-refractivity contribution in [3.8, 4) is 11.5 Å². The van der Waals surface area contributed by atoms with Gasteiger partial charge in [-0.25, -0.2) is 9.59 Å². The zero-order chi connectivity index (χ0) is 29.9. The summed E-state index contributed by atoms with van der Waals surface area (Å²) in [6.07, 6.45) is -13.6. The Balaban J connectivity index is 1.45. The van der Waals surface area contributed by atoms with Gasteiger partial charge in [0.1, 0.15) is 55.2 Å². The van der Waals surface area contributed by atoms with E-state index in [1.54, 1.807) is 18.2 Å². The van der Waals surface area contributed by atoms with Gasteiger partial charge >= 0.3 is 11.9 Å². The summed E-state index contributed by atoms with van der Waals surface area (Å²) in [7, 11) is 0. The molecule has 0 spiro atoms. The zero-order valence-electron chi connectivity index (χ0n) is 21.6. The molecule has 1 saturated heterocycles. The number of carbonyl (C=O) groups is 2. The van der Waals surface area contributed by atoms with E-state index in [9.17, 15) is 50.4 Å². The van der Waals surface area contributed by atoms with Crippen LogP contribution in [0.2, 0.25) is 0 Å². The number of aliphatic hydroxyl groups is 7. The Hall–Kier alpha value is -3.34. The summed E-state index contributed by atoms with van der Waals surface area (Å²) >= 11 is 0. The fourth-order valence-corrected chi connectivity index (χ4v) is 4.60. The van der Waals surface area contributed by atoms with E-state index in [2.05, 4.69) is 0 Å². The number of hydrogen-bond donors (Lipinski definition) is 8. The number of phenols is 1. The molecule has 2 aliphatic rings. The Kier molecular flexibility index (Phi) is 9.46. The van der Waals surface area contributed by atoms with Gasteiger partial charge in [-0.05, 0) is 43.2 Å². The van der Waals surface area contributed by atoms with Crippen molar-refractivity contribution in [3.05, 3.63) is 59.7 Å². The molecule has 1 heterocycles. The molecule has 0 bridgehead atoms. The third-order valence-corrected chi connectivity index (χ3v) is 7.09. The third-order valence-electron chi connectivity index (χ3n) is 7.09. The molecule has 14 nitrogen and oxygen atoms in total. The third kappa shape index (κ3) is 6.45. The minimum Gasteiger partial charge on any atom is -0.508 e. The fraction of sp³-hybridized carbons (Fsp3) is 0.481. The molecule has 1 aliphatic carbocycles. The molecule has 4 rings (SSSR count). The molecular weight excluding hydrogens is 548 g/mol. The summed E-state index contributed by atoms with van der Waals surface area (Å²) in [5, 5.41) is 81.9. The smallest absolute Gasteiger partial charge is 0.344 e. The topological polar surface area (TPSA) is 233 Å². The van der Waals surface area contributed by atoms with Crippen LogP contribution < -0.4 is 4.74 Å². The van der Waals surface area contributed by atoms with E-state index in [1.807, 2.05) is 0 Å². The molecule has 0 aromatic heterocycles. The van der Waals surface area contributed by atoms with Gasteiger partial charge in [0.15, 0.2) is 0 Å². The minimum absolute atomic E-state index is 0.0224. The molecule has 2 fully saturated rings. The average Bonchev–Trinajstić information content (AvgIpc) is 2.97. The summed E-state index contributed by atoms with van der Waals surface area (Å²) in [5.41, 5.74) is -2.60. The first-order valence-electron chi connectivity index (χ1n) is 12.8. The Bertz CT molecular complexity index is 1210. The summed E-state index contributed by atoms with van der Waals surface area (Å²) in [4.78, 5) is 25.0. The van der Waals surface area contributed by atoms with Gasteiger partial charge < -0.3 is 59.8 Å². The van der Waals surface area contributed by atoms with Crippen LogP contribution in [0.1, 0.15) is 28.8 Å². The number of aliphatic hydroxyl groups excluding tert-OH is 6. The maximum Gasteiger partial charge on any atom is 0.344 e. The van der Waals surface area contributed by atoms with Gasteiger partial charge in [0.2, 0.25) is 11.9 Å². The SMILES string of the molecule is O=C(OC[C@@H]1O[C@H](Oc2ccc(O)cc2COC(=O)[C@]2(O)[C@H](O)CC[C@H](O)[C@@H]2O)[C@@H](O)[C@H](O)[C@H]1O)c1ccccc1. The van der Waals surface area contributed by atoms with E-state index >= 15 is 0 Å². The van der Waals surface area contributed by atoms with Gasteiger partial charge in [0.05, 0.1) is 17.8 Å². The summed E-state index contributed by atoms with van der Waals surface area (Å²) in [5.74, 6) is -2.58. The van der Waals surface area contributed by atoms with Crippen LogP contribution in [0.25, 0.3) is 0 Å². The first kappa shape index (κ1) is 30.6. The highest BCUT2D eigenvalue weighted by Gasteiger charge is 2.56. The highest BCUT2D eigenvalue weighted by atomic mass is 16.7. The number of phenolic OH excluding ortho intramolecular Hbond substituents is 1. The highest BCUT2D eigenvalue weighted by molar-refractivity contribution is 5.89. The monoisotopic (exact) mass is 580 g/mol. The molecule has 1 aliphatic heterocycles. The second-order valence-electron chi connectivity index (χ2n) is 9.90. The molecule has 2 aromatic rings. The summed E-state index contributed by atoms with van der Waals surface area (Å²) in [6, 6.07) is 11.5. The molecule has 0 unspecified atom stereocenters. The van der Waals surface area contributed by atoms with Gasteiger partial charge in [-0.1, -0.05) is 18.2 Å². The van der Waals surface area contributed by atoms with Crippen molar-refractivity contribution in [2.45, 2.75) is 74.1 Å². The van der Waals surface area contributed by atoms with Crippen LogP contribution in [0, 0.1) is 0 Å². The predicted molar refractivity (Wildman–Crippen MR) is 134 cm³/mol. The number of aromatic hydroxyl groups is 1. The molecule has 14 heteroatoms. The number of ether oxygens (including phenoxy) is 4. The number of benzene rings is 2. The van der Waals surface area contributed by atoms with Gasteiger partial charge in [-0.15, -0.1) is 0 Å². The highest BCUT2D eigenvalue weighted by Crippen LogP contribution is 2.33. The Morgan fingerprint density at radius 1 is 0.902 bits per heavy atom. The van der Waals surface area contributed by atoms with E-state index in [1.165, 1.54) is 24.3 Å². The van der Waals surface area contributed by atoms with Crippen LogP contribution in [-0.2, 0) is 25.6 Å². The van der Waals surface area contributed by atoms with Gasteiger partial charge in [-0.2, -0.15) is 0 Å². The molecule has 1 saturated carbocycles. The largest absolute Gasteiger partial charge is 0.508 e. The molecule has 41 heavy (non-hydrogen) atoms. The number of rotatable bonds is 8. The number of carbonyl (C=O) groups excluding carboxylic acids is 2. The van der Waals surface area contributed by atoms with Gasteiger partial charge in [-0.3, -0.25) is 0 Å². The van der Waals surface area contributed by atoms with E-state index in [0.717, 1.165) is 6.07 Å². The normalized spacial score (nSPS) is 33.5. The van der Waals surface area contributed by atoms with E-state index in [-0.39, 0.29) is 35.5 Å². The summed E-state index contributed by atoms with van der Waals surface area (Å²) < 4.78 is 21.5. The van der Waals surface area contributed by atoms with Crippen molar-refractivity contribution in [2.24, 2.45) is 0 Å². The van der Waals surface area contributed by atoms with E-state index < -0.39 is 79.8 Å². The number of hydrogen-bond acceptors (Lipinski definition) is 14. The molecule has 9 atom stereocenters. The predicted octanol–water partition coefficient (Wildman–Crippen LogP) is -1.91. The lowest BCUT2D eigenvalue weighted by molar-refractivity contribution is -0.277. The van der Waals surface area contributed by atoms with Crippen molar-refractivity contribution < 1.29 is 69.4 Å². The number of esters is 2. The van der Waals surface area contributed by atoms with E-state index in [4.69, 9.17) is 18.9 Å². The zero-order valence-corrected chi connectivity index (χ0v) is 21.6. The van der Waals surface area contributed by atoms with Crippen molar-refractivity contribution in [2.75, 3.05) is 6.61 Å². The molecular formula is C27H32O14. The Morgan fingerprint density at radius 3 is 2.32 bits per heavy atom. The van der Waals surface area contributed by atoms with Crippen molar-refractivity contribution in [1.82, 2.24) is 0 Å². The Morgan fingerprint density at radius 2 is 1.61 bits per heavy atom. The van der Waals surface area contributed by atoms with Gasteiger partial charge in [0.25, 0.3) is 0 Å². The van der Waals surface area contributed by atoms with Crippen LogP contribution in [0.15, 0.2) is 48.5 Å². The summed E-state index contributed by atoms with van der Waals surface area (Å²) in [6.45, 7) is -1.18. The quantitative estimate of drug-likeness (QED) is 0.159. The van der Waals surface area contributed by atoms with Crippen LogP contribution in [0.3, 0.4) is 0 Å².